The van der Waals surface area contributed by atoms with Crippen molar-refractivity contribution >= 4 is 22.8 Å². The van der Waals surface area contributed by atoms with Gasteiger partial charge in [-0.25, -0.2) is 14.2 Å². The van der Waals surface area contributed by atoms with Crippen LogP contribution in [0.25, 0.3) is 33.5 Å². The molecule has 2 N–H and O–H groups in total. The molecule has 4 aromatic carbocycles. The Labute approximate surface area is 220 Å². The van der Waals surface area contributed by atoms with Crippen molar-refractivity contribution in [1.82, 2.24) is 9.97 Å². The molecule has 0 spiro atoms. The first kappa shape index (κ1) is 25.1. The zero-order valence-electron chi connectivity index (χ0n) is 20.9. The molecule has 0 radical (unpaired) electrons. The number of rotatable bonds is 9. The number of aromatic nitrogens is 2. The number of imidazole rings is 1. The minimum Gasteiger partial charge on any atom is -0.478 e. The molecule has 0 aliphatic heterocycles. The molecule has 5 rings (SSSR count). The van der Waals surface area contributed by atoms with Crippen molar-refractivity contribution in [1.29, 1.82) is 0 Å². The number of aromatic amines is 1. The van der Waals surface area contributed by atoms with Crippen molar-refractivity contribution in [3.05, 3.63) is 114 Å². The number of carboxylic acids is 1. The third-order valence-corrected chi connectivity index (χ3v) is 6.83. The summed E-state index contributed by atoms with van der Waals surface area (Å²) in [5, 5.41) is 10.1. The van der Waals surface area contributed by atoms with Crippen LogP contribution in [0.5, 0.6) is 0 Å². The van der Waals surface area contributed by atoms with Crippen molar-refractivity contribution in [2.75, 3.05) is 0 Å². The lowest BCUT2D eigenvalue weighted by atomic mass is 9.87. The quantitative estimate of drug-likeness (QED) is 0.199. The Kier molecular flexibility index (Phi) is 7.13. The van der Waals surface area contributed by atoms with E-state index in [2.05, 4.69) is 16.9 Å². The summed E-state index contributed by atoms with van der Waals surface area (Å²) in [6.45, 7) is 2.08. The van der Waals surface area contributed by atoms with Gasteiger partial charge in [0.1, 0.15) is 11.6 Å². The van der Waals surface area contributed by atoms with Crippen molar-refractivity contribution in [3.63, 3.8) is 0 Å². The number of H-pyrrole nitrogens is 1. The van der Waals surface area contributed by atoms with Crippen LogP contribution < -0.4 is 0 Å². The topological polar surface area (TPSA) is 83.0 Å². The molecule has 0 aliphatic carbocycles. The number of hydrogen-bond acceptors (Lipinski definition) is 3. The van der Waals surface area contributed by atoms with Crippen molar-refractivity contribution in [3.8, 4) is 22.5 Å². The van der Waals surface area contributed by atoms with Gasteiger partial charge in [-0.3, -0.25) is 4.79 Å². The SMILES string of the molecule is CCC[C@@H](CC(=O)c1ccc(-c2ccc(F)cc2-c2nc3ccccc3[nH]2)c(C(=O)O)c1)c1ccccc1. The maximum atomic E-state index is 14.4. The fraction of sp³-hybridized carbons (Fsp3) is 0.156. The third-order valence-electron chi connectivity index (χ3n) is 6.83. The molecular weight excluding hydrogens is 479 g/mol. The van der Waals surface area contributed by atoms with E-state index in [-0.39, 0.29) is 23.7 Å². The molecule has 0 amide bonds. The Morgan fingerprint density at radius 1 is 0.895 bits per heavy atom. The van der Waals surface area contributed by atoms with Crippen LogP contribution in [-0.2, 0) is 0 Å². The summed E-state index contributed by atoms with van der Waals surface area (Å²) in [4.78, 5) is 33.4. The number of carboxylic acid groups (broad SMARTS) is 1. The van der Waals surface area contributed by atoms with E-state index in [0.29, 0.717) is 28.1 Å². The Hall–Kier alpha value is -4.58. The Bertz CT molecular complexity index is 1590. The standard InChI is InChI=1S/C32H27FN2O3/c1-2-8-21(20-9-4-3-5-10-20)18-30(36)22-13-15-25(27(17-22)32(37)38)24-16-14-23(33)19-26(24)31-34-28-11-6-7-12-29(28)35-31/h3-7,9-17,19,21H,2,8,18H2,1H3,(H,34,35)(H,37,38)/t21-/m0/s1. The van der Waals surface area contributed by atoms with Crippen molar-refractivity contribution in [2.45, 2.75) is 32.1 Å². The number of carbonyl (C=O) groups is 2. The number of Topliss-reactive ketones (excluding diaryl/α,β-unsaturated/α-hetero) is 1. The van der Waals surface area contributed by atoms with Crippen LogP contribution in [0.1, 0.15) is 58.4 Å². The molecule has 1 aromatic heterocycles. The fourth-order valence-corrected chi connectivity index (χ4v) is 4.96. The molecule has 190 valence electrons. The highest BCUT2D eigenvalue weighted by Gasteiger charge is 2.22. The fourth-order valence-electron chi connectivity index (χ4n) is 4.96. The number of nitrogens with zero attached hydrogens (tertiary/aromatic N) is 1. The Morgan fingerprint density at radius 2 is 1.63 bits per heavy atom. The molecule has 0 fully saturated rings. The lowest BCUT2D eigenvalue weighted by molar-refractivity contribution is 0.0697. The first-order valence-electron chi connectivity index (χ1n) is 12.6. The average molecular weight is 507 g/mol. The molecule has 5 aromatic rings. The lowest BCUT2D eigenvalue weighted by Crippen LogP contribution is -2.10. The summed E-state index contributed by atoms with van der Waals surface area (Å²) in [6.07, 6.45) is 2.08. The van der Waals surface area contributed by atoms with E-state index >= 15 is 0 Å². The van der Waals surface area contributed by atoms with E-state index in [1.165, 1.54) is 18.2 Å². The molecule has 6 heteroatoms. The van der Waals surface area contributed by atoms with E-state index in [4.69, 9.17) is 0 Å². The first-order chi connectivity index (χ1) is 18.4. The summed E-state index contributed by atoms with van der Waals surface area (Å²) in [5.74, 6) is -1.25. The molecule has 1 heterocycles. The van der Waals surface area contributed by atoms with Crippen LogP contribution in [0.3, 0.4) is 0 Å². The summed E-state index contributed by atoms with van der Waals surface area (Å²) in [5.41, 5.74) is 4.26. The Balaban J connectivity index is 1.54. The lowest BCUT2D eigenvalue weighted by Gasteiger charge is -2.17. The van der Waals surface area contributed by atoms with Gasteiger partial charge in [-0.15, -0.1) is 0 Å². The highest BCUT2D eigenvalue weighted by molar-refractivity contribution is 6.04. The van der Waals surface area contributed by atoms with E-state index in [9.17, 15) is 19.1 Å². The van der Waals surface area contributed by atoms with Gasteiger partial charge in [-0.1, -0.05) is 74.0 Å². The van der Waals surface area contributed by atoms with Crippen molar-refractivity contribution in [2.24, 2.45) is 0 Å². The molecular formula is C32H27FN2O3. The summed E-state index contributed by atoms with van der Waals surface area (Å²) in [6, 6.07) is 26.3. The van der Waals surface area contributed by atoms with Crippen molar-refractivity contribution < 1.29 is 19.1 Å². The number of carbonyl (C=O) groups excluding carboxylic acids is 1. The van der Waals surface area contributed by atoms with Gasteiger partial charge in [0.25, 0.3) is 0 Å². The maximum absolute atomic E-state index is 14.4. The normalized spacial score (nSPS) is 11.9. The molecule has 0 bridgehead atoms. The van der Waals surface area contributed by atoms with Crippen LogP contribution >= 0.6 is 0 Å². The monoisotopic (exact) mass is 506 g/mol. The van der Waals surface area contributed by atoms with Crippen LogP contribution in [0.4, 0.5) is 4.39 Å². The number of aromatic carboxylic acids is 1. The molecule has 0 saturated carbocycles. The Morgan fingerprint density at radius 3 is 2.37 bits per heavy atom. The third kappa shape index (κ3) is 5.11. The molecule has 0 unspecified atom stereocenters. The number of nitrogens with one attached hydrogen (secondary N) is 1. The smallest absolute Gasteiger partial charge is 0.336 e. The molecule has 0 aliphatic rings. The highest BCUT2D eigenvalue weighted by atomic mass is 19.1. The molecule has 1 atom stereocenters. The van der Waals surface area contributed by atoms with E-state index < -0.39 is 11.8 Å². The minimum atomic E-state index is -1.16. The van der Waals surface area contributed by atoms with Gasteiger partial charge in [0, 0.05) is 17.5 Å². The minimum absolute atomic E-state index is 0.0217. The van der Waals surface area contributed by atoms with E-state index in [0.717, 1.165) is 29.4 Å². The number of ketones is 1. The first-order valence-corrected chi connectivity index (χ1v) is 12.6. The highest BCUT2D eigenvalue weighted by Crippen LogP contribution is 2.35. The largest absolute Gasteiger partial charge is 0.478 e. The van der Waals surface area contributed by atoms with Gasteiger partial charge >= 0.3 is 5.97 Å². The van der Waals surface area contributed by atoms with Crippen LogP contribution in [0.2, 0.25) is 0 Å². The van der Waals surface area contributed by atoms with Gasteiger partial charge < -0.3 is 10.1 Å². The van der Waals surface area contributed by atoms with E-state index in [1.54, 1.807) is 18.2 Å². The molecule has 0 saturated heterocycles. The predicted octanol–water partition coefficient (Wildman–Crippen LogP) is 7.89. The zero-order valence-corrected chi connectivity index (χ0v) is 20.9. The second-order valence-electron chi connectivity index (χ2n) is 9.38. The number of hydrogen-bond donors (Lipinski definition) is 2. The van der Waals surface area contributed by atoms with E-state index in [1.807, 2.05) is 54.6 Å². The van der Waals surface area contributed by atoms with Crippen LogP contribution in [0.15, 0.2) is 91.0 Å². The number of para-hydroxylation sites is 2. The number of halogens is 1. The predicted molar refractivity (Wildman–Crippen MR) is 147 cm³/mol. The second kappa shape index (κ2) is 10.8. The molecule has 5 nitrogen and oxygen atoms in total. The summed E-state index contributed by atoms with van der Waals surface area (Å²) in [7, 11) is 0. The van der Waals surface area contributed by atoms with Gasteiger partial charge in [0.15, 0.2) is 5.78 Å². The van der Waals surface area contributed by atoms with Crippen LogP contribution in [-0.4, -0.2) is 26.8 Å². The number of benzene rings is 4. The van der Waals surface area contributed by atoms with Gasteiger partial charge in [-0.2, -0.15) is 0 Å². The number of fused-ring (bicyclic) bond motifs is 1. The summed E-state index contributed by atoms with van der Waals surface area (Å²) >= 11 is 0. The van der Waals surface area contributed by atoms with Gasteiger partial charge in [0.05, 0.1) is 16.6 Å². The summed E-state index contributed by atoms with van der Waals surface area (Å²) < 4.78 is 14.4. The maximum Gasteiger partial charge on any atom is 0.336 e. The second-order valence-corrected chi connectivity index (χ2v) is 9.38. The van der Waals surface area contributed by atoms with Gasteiger partial charge in [-0.05, 0) is 59.4 Å². The average Bonchev–Trinajstić information content (AvgIpc) is 3.37. The van der Waals surface area contributed by atoms with Crippen LogP contribution in [0, 0.1) is 5.82 Å². The van der Waals surface area contributed by atoms with Gasteiger partial charge in [0.2, 0.25) is 0 Å². The molecule has 38 heavy (non-hydrogen) atoms. The zero-order chi connectivity index (χ0) is 26.6.